The minimum absolute atomic E-state index is 0.0175. The Hall–Kier alpha value is -2.21. The van der Waals surface area contributed by atoms with Crippen LogP contribution in [0, 0.1) is 0 Å². The zero-order valence-corrected chi connectivity index (χ0v) is 11.0. The van der Waals surface area contributed by atoms with Gasteiger partial charge in [-0.05, 0) is 12.1 Å². The summed E-state index contributed by atoms with van der Waals surface area (Å²) in [5.41, 5.74) is 0.802. The van der Waals surface area contributed by atoms with E-state index in [2.05, 4.69) is 9.97 Å². The largest absolute Gasteiger partial charge is 0.484 e. The molecule has 0 unspecified atom stereocenters. The number of aromatic nitrogens is 2. The van der Waals surface area contributed by atoms with Crippen LogP contribution in [0.2, 0.25) is 0 Å². The number of morpholine rings is 1. The standard InChI is InChI=1S/C14H15N3O3/c18-14(17-3-5-19-6-4-17)9-20-12-2-1-11-8-15-10-16-13(11)7-12/h1-2,7-8,10H,3-6,9H2. The summed E-state index contributed by atoms with van der Waals surface area (Å²) in [6.07, 6.45) is 3.23. The lowest BCUT2D eigenvalue weighted by Crippen LogP contribution is -2.42. The molecule has 1 aliphatic rings. The van der Waals surface area contributed by atoms with Crippen LogP contribution in [-0.2, 0) is 9.53 Å². The second-order valence-electron chi connectivity index (χ2n) is 4.53. The molecule has 0 spiro atoms. The van der Waals surface area contributed by atoms with E-state index in [1.807, 2.05) is 18.2 Å². The zero-order chi connectivity index (χ0) is 13.8. The number of carbonyl (C=O) groups excluding carboxylic acids is 1. The van der Waals surface area contributed by atoms with E-state index in [4.69, 9.17) is 9.47 Å². The Morgan fingerprint density at radius 1 is 1.35 bits per heavy atom. The van der Waals surface area contributed by atoms with E-state index in [1.165, 1.54) is 6.33 Å². The minimum atomic E-state index is -0.0175. The number of ether oxygens (including phenoxy) is 2. The van der Waals surface area contributed by atoms with Crippen molar-refractivity contribution in [2.75, 3.05) is 32.9 Å². The SMILES string of the molecule is O=C(COc1ccc2cncnc2c1)N1CCOCC1. The van der Waals surface area contributed by atoms with Crippen LogP contribution in [0.25, 0.3) is 10.9 Å². The maximum atomic E-state index is 12.0. The third kappa shape index (κ3) is 2.85. The zero-order valence-electron chi connectivity index (χ0n) is 11.0. The number of carbonyl (C=O) groups is 1. The van der Waals surface area contributed by atoms with Gasteiger partial charge in [-0.25, -0.2) is 9.97 Å². The van der Waals surface area contributed by atoms with Gasteiger partial charge < -0.3 is 14.4 Å². The lowest BCUT2D eigenvalue weighted by molar-refractivity contribution is -0.137. The third-order valence-corrected chi connectivity index (χ3v) is 3.21. The lowest BCUT2D eigenvalue weighted by atomic mass is 10.2. The van der Waals surface area contributed by atoms with Gasteiger partial charge in [0.2, 0.25) is 0 Å². The molecule has 1 fully saturated rings. The van der Waals surface area contributed by atoms with Gasteiger partial charge in [-0.2, -0.15) is 0 Å². The molecule has 2 heterocycles. The summed E-state index contributed by atoms with van der Waals surface area (Å²) in [7, 11) is 0. The van der Waals surface area contributed by atoms with Crippen molar-refractivity contribution in [2.24, 2.45) is 0 Å². The van der Waals surface area contributed by atoms with Crippen molar-refractivity contribution in [3.8, 4) is 5.75 Å². The molecule has 0 aliphatic carbocycles. The van der Waals surface area contributed by atoms with Crippen molar-refractivity contribution < 1.29 is 14.3 Å². The van der Waals surface area contributed by atoms with Gasteiger partial charge in [0, 0.05) is 30.7 Å². The summed E-state index contributed by atoms with van der Waals surface area (Å²) in [6.45, 7) is 2.49. The first-order valence-electron chi connectivity index (χ1n) is 6.51. The molecule has 0 saturated carbocycles. The summed E-state index contributed by atoms with van der Waals surface area (Å²) in [6, 6.07) is 5.51. The van der Waals surface area contributed by atoms with E-state index >= 15 is 0 Å². The van der Waals surface area contributed by atoms with E-state index in [9.17, 15) is 4.79 Å². The summed E-state index contributed by atoms with van der Waals surface area (Å²) < 4.78 is 10.7. The predicted molar refractivity (Wildman–Crippen MR) is 72.4 cm³/mol. The Morgan fingerprint density at radius 2 is 2.20 bits per heavy atom. The highest BCUT2D eigenvalue weighted by Crippen LogP contribution is 2.18. The molecule has 6 heteroatoms. The Bertz CT molecular complexity index is 611. The third-order valence-electron chi connectivity index (χ3n) is 3.21. The summed E-state index contributed by atoms with van der Waals surface area (Å²) in [4.78, 5) is 21.8. The van der Waals surface area contributed by atoms with Crippen molar-refractivity contribution in [1.29, 1.82) is 0 Å². The molecule has 2 aromatic rings. The van der Waals surface area contributed by atoms with Crippen molar-refractivity contribution in [2.45, 2.75) is 0 Å². The van der Waals surface area contributed by atoms with E-state index < -0.39 is 0 Å². The normalized spacial score (nSPS) is 15.3. The molecule has 0 N–H and O–H groups in total. The summed E-state index contributed by atoms with van der Waals surface area (Å²) >= 11 is 0. The van der Waals surface area contributed by atoms with Crippen molar-refractivity contribution >= 4 is 16.8 Å². The molecular weight excluding hydrogens is 258 g/mol. The van der Waals surface area contributed by atoms with Crippen LogP contribution in [0.1, 0.15) is 0 Å². The van der Waals surface area contributed by atoms with Crippen LogP contribution in [0.5, 0.6) is 5.75 Å². The van der Waals surface area contributed by atoms with Crippen LogP contribution >= 0.6 is 0 Å². The molecule has 1 amide bonds. The molecule has 1 aliphatic heterocycles. The van der Waals surface area contributed by atoms with Crippen molar-refractivity contribution in [1.82, 2.24) is 14.9 Å². The minimum Gasteiger partial charge on any atom is -0.484 e. The molecule has 104 valence electrons. The van der Waals surface area contributed by atoms with Crippen LogP contribution in [-0.4, -0.2) is 53.7 Å². The predicted octanol–water partition coefficient (Wildman–Crippen LogP) is 0.867. The smallest absolute Gasteiger partial charge is 0.260 e. The maximum Gasteiger partial charge on any atom is 0.260 e. The molecular formula is C14H15N3O3. The van der Waals surface area contributed by atoms with Gasteiger partial charge in [-0.1, -0.05) is 0 Å². The first kappa shape index (κ1) is 12.8. The maximum absolute atomic E-state index is 12.0. The first-order valence-corrected chi connectivity index (χ1v) is 6.51. The topological polar surface area (TPSA) is 64.5 Å². The number of benzene rings is 1. The second kappa shape index (κ2) is 5.83. The fraction of sp³-hybridized carbons (Fsp3) is 0.357. The first-order chi connectivity index (χ1) is 9.83. The highest BCUT2D eigenvalue weighted by atomic mass is 16.5. The molecule has 1 aromatic heterocycles. The Balaban J connectivity index is 1.62. The number of nitrogens with zero attached hydrogens (tertiary/aromatic N) is 3. The Kier molecular flexibility index (Phi) is 3.73. The van der Waals surface area contributed by atoms with Gasteiger partial charge in [0.25, 0.3) is 5.91 Å². The Labute approximate surface area is 116 Å². The molecule has 3 rings (SSSR count). The van der Waals surface area contributed by atoms with Crippen LogP contribution in [0.15, 0.2) is 30.7 Å². The molecule has 0 atom stereocenters. The van der Waals surface area contributed by atoms with Crippen LogP contribution in [0.4, 0.5) is 0 Å². The van der Waals surface area contributed by atoms with E-state index in [0.29, 0.717) is 32.1 Å². The van der Waals surface area contributed by atoms with Gasteiger partial charge in [0.1, 0.15) is 12.1 Å². The lowest BCUT2D eigenvalue weighted by Gasteiger charge is -2.26. The molecule has 1 aromatic carbocycles. The molecule has 0 radical (unpaired) electrons. The van der Waals surface area contributed by atoms with Crippen molar-refractivity contribution in [3.05, 3.63) is 30.7 Å². The second-order valence-corrected chi connectivity index (χ2v) is 4.53. The fourth-order valence-electron chi connectivity index (χ4n) is 2.09. The van der Waals surface area contributed by atoms with Crippen LogP contribution in [0.3, 0.4) is 0 Å². The van der Waals surface area contributed by atoms with Gasteiger partial charge in [-0.15, -0.1) is 0 Å². The quantitative estimate of drug-likeness (QED) is 0.830. The highest BCUT2D eigenvalue weighted by Gasteiger charge is 2.17. The van der Waals surface area contributed by atoms with E-state index in [-0.39, 0.29) is 12.5 Å². The van der Waals surface area contributed by atoms with Gasteiger partial charge in [0.05, 0.1) is 18.7 Å². The molecule has 1 saturated heterocycles. The van der Waals surface area contributed by atoms with Gasteiger partial charge in [0.15, 0.2) is 6.61 Å². The highest BCUT2D eigenvalue weighted by molar-refractivity contribution is 5.80. The van der Waals surface area contributed by atoms with Gasteiger partial charge in [-0.3, -0.25) is 4.79 Å². The summed E-state index contributed by atoms with van der Waals surface area (Å²) in [5.74, 6) is 0.619. The number of hydrogen-bond acceptors (Lipinski definition) is 5. The number of fused-ring (bicyclic) bond motifs is 1. The summed E-state index contributed by atoms with van der Waals surface area (Å²) in [5, 5.41) is 0.944. The molecule has 6 nitrogen and oxygen atoms in total. The number of amides is 1. The monoisotopic (exact) mass is 273 g/mol. The molecule has 20 heavy (non-hydrogen) atoms. The van der Waals surface area contributed by atoms with E-state index in [1.54, 1.807) is 11.1 Å². The van der Waals surface area contributed by atoms with E-state index in [0.717, 1.165) is 10.9 Å². The van der Waals surface area contributed by atoms with Gasteiger partial charge >= 0.3 is 0 Å². The molecule has 0 bridgehead atoms. The number of rotatable bonds is 3. The van der Waals surface area contributed by atoms with Crippen molar-refractivity contribution in [3.63, 3.8) is 0 Å². The average molecular weight is 273 g/mol. The average Bonchev–Trinajstić information content (AvgIpc) is 2.53. The number of hydrogen-bond donors (Lipinski definition) is 0. The fourth-order valence-corrected chi connectivity index (χ4v) is 2.09. The Morgan fingerprint density at radius 3 is 3.05 bits per heavy atom. The van der Waals surface area contributed by atoms with Crippen LogP contribution < -0.4 is 4.74 Å².